The van der Waals surface area contributed by atoms with E-state index in [1.807, 2.05) is 20.8 Å². The second kappa shape index (κ2) is 6.07. The first-order valence-corrected chi connectivity index (χ1v) is 6.94. The van der Waals surface area contributed by atoms with Crippen molar-refractivity contribution in [1.82, 2.24) is 20.2 Å². The van der Waals surface area contributed by atoms with Crippen LogP contribution in [0.1, 0.15) is 33.6 Å². The Kier molecular flexibility index (Phi) is 4.42. The fourth-order valence-electron chi connectivity index (χ4n) is 2.14. The maximum Gasteiger partial charge on any atom is 0.317 e. The summed E-state index contributed by atoms with van der Waals surface area (Å²) >= 11 is 0. The van der Waals surface area contributed by atoms with Crippen LogP contribution >= 0.6 is 0 Å². The first-order valence-electron chi connectivity index (χ1n) is 6.94. The molecule has 0 saturated carbocycles. The fourth-order valence-corrected chi connectivity index (χ4v) is 2.14. The van der Waals surface area contributed by atoms with Gasteiger partial charge >= 0.3 is 6.03 Å². The highest BCUT2D eigenvalue weighted by molar-refractivity contribution is 5.75. The smallest absolute Gasteiger partial charge is 0.317 e. The molecular weight excluding hydrogens is 256 g/mol. The van der Waals surface area contributed by atoms with Gasteiger partial charge in [-0.3, -0.25) is 0 Å². The Balaban J connectivity index is 1.90. The third-order valence-electron chi connectivity index (χ3n) is 2.99. The lowest BCUT2D eigenvalue weighted by Gasteiger charge is -2.34. The quantitative estimate of drug-likeness (QED) is 0.896. The van der Waals surface area contributed by atoms with E-state index in [0.717, 1.165) is 19.4 Å². The lowest BCUT2D eigenvalue weighted by molar-refractivity contribution is 0.0952. The molecule has 0 bridgehead atoms. The Hall–Kier alpha value is -1.85. The molecule has 1 fully saturated rings. The van der Waals surface area contributed by atoms with Gasteiger partial charge in [0.1, 0.15) is 12.4 Å². The van der Waals surface area contributed by atoms with E-state index < -0.39 is 0 Å². The lowest BCUT2D eigenvalue weighted by atomic mass is 10.1. The zero-order valence-corrected chi connectivity index (χ0v) is 12.3. The molecule has 1 aliphatic heterocycles. The summed E-state index contributed by atoms with van der Waals surface area (Å²) < 4.78 is 5.79. The number of nitrogens with one attached hydrogen (secondary N) is 1. The molecule has 1 unspecified atom stereocenters. The van der Waals surface area contributed by atoms with Crippen LogP contribution in [-0.4, -0.2) is 45.6 Å². The van der Waals surface area contributed by atoms with E-state index in [2.05, 4.69) is 15.3 Å². The third-order valence-corrected chi connectivity index (χ3v) is 2.99. The molecule has 0 spiro atoms. The fraction of sp³-hybridized carbons (Fsp3) is 0.643. The molecule has 0 aromatic carbocycles. The van der Waals surface area contributed by atoms with Gasteiger partial charge in [0, 0.05) is 24.3 Å². The van der Waals surface area contributed by atoms with Crippen LogP contribution in [0.2, 0.25) is 0 Å². The van der Waals surface area contributed by atoms with Crippen molar-refractivity contribution in [3.63, 3.8) is 0 Å². The summed E-state index contributed by atoms with van der Waals surface area (Å²) in [4.78, 5) is 21.9. The molecular formula is C14H22N4O2. The van der Waals surface area contributed by atoms with Crippen molar-refractivity contribution in [3.8, 4) is 5.88 Å². The average molecular weight is 278 g/mol. The normalized spacial score (nSPS) is 19.6. The number of urea groups is 1. The molecule has 1 N–H and O–H groups in total. The Morgan fingerprint density at radius 1 is 1.50 bits per heavy atom. The molecule has 6 heteroatoms. The number of rotatable bonds is 2. The van der Waals surface area contributed by atoms with Gasteiger partial charge in [0.05, 0.1) is 6.54 Å². The zero-order chi connectivity index (χ0) is 14.6. The van der Waals surface area contributed by atoms with Crippen LogP contribution in [0.3, 0.4) is 0 Å². The monoisotopic (exact) mass is 278 g/mol. The van der Waals surface area contributed by atoms with Gasteiger partial charge < -0.3 is 15.0 Å². The van der Waals surface area contributed by atoms with E-state index in [9.17, 15) is 4.79 Å². The summed E-state index contributed by atoms with van der Waals surface area (Å²) in [6, 6.07) is 1.70. The summed E-state index contributed by atoms with van der Waals surface area (Å²) in [7, 11) is 0. The van der Waals surface area contributed by atoms with E-state index in [1.165, 1.54) is 6.33 Å². The molecule has 1 saturated heterocycles. The molecule has 110 valence electrons. The number of amides is 2. The van der Waals surface area contributed by atoms with Crippen molar-refractivity contribution in [2.24, 2.45) is 0 Å². The summed E-state index contributed by atoms with van der Waals surface area (Å²) in [5.41, 5.74) is -0.225. The van der Waals surface area contributed by atoms with Gasteiger partial charge in [0.25, 0.3) is 0 Å². The molecule has 2 rings (SSSR count). The van der Waals surface area contributed by atoms with Crippen LogP contribution in [0, 0.1) is 0 Å². The highest BCUT2D eigenvalue weighted by Crippen LogP contribution is 2.16. The van der Waals surface area contributed by atoms with Gasteiger partial charge in [-0.25, -0.2) is 14.8 Å². The van der Waals surface area contributed by atoms with Gasteiger partial charge in [-0.15, -0.1) is 0 Å². The number of nitrogens with zero attached hydrogens (tertiary/aromatic N) is 3. The summed E-state index contributed by atoms with van der Waals surface area (Å²) in [5, 5.41) is 2.98. The van der Waals surface area contributed by atoms with Crippen LogP contribution in [0.5, 0.6) is 5.88 Å². The van der Waals surface area contributed by atoms with Crippen molar-refractivity contribution in [3.05, 3.63) is 18.6 Å². The van der Waals surface area contributed by atoms with Crippen molar-refractivity contribution in [2.75, 3.05) is 13.1 Å². The van der Waals surface area contributed by atoms with Crippen LogP contribution in [0.25, 0.3) is 0 Å². The lowest BCUT2D eigenvalue weighted by Crippen LogP contribution is -2.53. The molecule has 0 radical (unpaired) electrons. The Bertz CT molecular complexity index is 444. The van der Waals surface area contributed by atoms with E-state index in [4.69, 9.17) is 4.74 Å². The topological polar surface area (TPSA) is 67.4 Å². The minimum Gasteiger partial charge on any atom is -0.472 e. The molecule has 20 heavy (non-hydrogen) atoms. The van der Waals surface area contributed by atoms with Gasteiger partial charge in [-0.2, -0.15) is 0 Å². The molecule has 1 aliphatic rings. The van der Waals surface area contributed by atoms with Crippen LogP contribution in [-0.2, 0) is 0 Å². The standard InChI is InChI=1S/C14H22N4O2/c1-14(2,3)17-13(19)18-8-4-5-11(9-18)20-12-6-7-15-10-16-12/h6-7,10-11H,4-5,8-9H2,1-3H3,(H,17,19). The van der Waals surface area contributed by atoms with Crippen LogP contribution in [0.15, 0.2) is 18.6 Å². The molecule has 1 aromatic heterocycles. The minimum atomic E-state index is -0.225. The molecule has 0 aliphatic carbocycles. The van der Waals surface area contributed by atoms with E-state index in [1.54, 1.807) is 17.2 Å². The molecule has 1 aromatic rings. The second-order valence-corrected chi connectivity index (χ2v) is 6.06. The highest BCUT2D eigenvalue weighted by atomic mass is 16.5. The average Bonchev–Trinajstić information content (AvgIpc) is 2.38. The Labute approximate surface area is 119 Å². The number of carbonyl (C=O) groups is 1. The number of ether oxygens (including phenoxy) is 1. The number of aromatic nitrogens is 2. The van der Waals surface area contributed by atoms with Gasteiger partial charge in [0.15, 0.2) is 0 Å². The molecule has 2 heterocycles. The summed E-state index contributed by atoms with van der Waals surface area (Å²) in [5.74, 6) is 0.558. The van der Waals surface area contributed by atoms with Gasteiger partial charge in [-0.1, -0.05) is 0 Å². The van der Waals surface area contributed by atoms with Crippen LogP contribution in [0.4, 0.5) is 4.79 Å². The maximum atomic E-state index is 12.1. The first-order chi connectivity index (χ1) is 9.44. The van der Waals surface area contributed by atoms with Gasteiger partial charge in [0.2, 0.25) is 5.88 Å². The third kappa shape index (κ3) is 4.36. The highest BCUT2D eigenvalue weighted by Gasteiger charge is 2.27. The minimum absolute atomic E-state index is 0.00984. The zero-order valence-electron chi connectivity index (χ0n) is 12.3. The predicted molar refractivity (Wildman–Crippen MR) is 75.5 cm³/mol. The van der Waals surface area contributed by atoms with Crippen LogP contribution < -0.4 is 10.1 Å². The maximum absolute atomic E-state index is 12.1. The van der Waals surface area contributed by atoms with Crippen molar-refractivity contribution in [2.45, 2.75) is 45.3 Å². The van der Waals surface area contributed by atoms with Gasteiger partial charge in [-0.05, 0) is 33.6 Å². The number of hydrogen-bond acceptors (Lipinski definition) is 4. The molecule has 6 nitrogen and oxygen atoms in total. The van der Waals surface area contributed by atoms with E-state index in [-0.39, 0.29) is 17.7 Å². The number of hydrogen-bond donors (Lipinski definition) is 1. The van der Waals surface area contributed by atoms with E-state index in [0.29, 0.717) is 12.4 Å². The van der Waals surface area contributed by atoms with Crippen molar-refractivity contribution < 1.29 is 9.53 Å². The summed E-state index contributed by atoms with van der Waals surface area (Å²) in [6.45, 7) is 7.29. The van der Waals surface area contributed by atoms with Crippen molar-refractivity contribution >= 4 is 6.03 Å². The first kappa shape index (κ1) is 14.6. The van der Waals surface area contributed by atoms with Crippen molar-refractivity contribution in [1.29, 1.82) is 0 Å². The molecule has 2 amide bonds. The molecule has 1 atom stereocenters. The summed E-state index contributed by atoms with van der Waals surface area (Å²) in [6.07, 6.45) is 4.97. The number of likely N-dealkylation sites (tertiary alicyclic amines) is 1. The number of carbonyl (C=O) groups excluding carboxylic acids is 1. The second-order valence-electron chi connectivity index (χ2n) is 6.06. The Morgan fingerprint density at radius 3 is 2.95 bits per heavy atom. The largest absolute Gasteiger partial charge is 0.472 e. The Morgan fingerprint density at radius 2 is 2.30 bits per heavy atom. The SMILES string of the molecule is CC(C)(C)NC(=O)N1CCCC(Oc2ccncn2)C1. The predicted octanol–water partition coefficient (Wildman–Crippen LogP) is 1.83. The number of piperidine rings is 1. The van der Waals surface area contributed by atoms with E-state index >= 15 is 0 Å².